The van der Waals surface area contributed by atoms with E-state index in [1.54, 1.807) is 30.3 Å². The molecule has 6 nitrogen and oxygen atoms in total. The van der Waals surface area contributed by atoms with Gasteiger partial charge in [0.1, 0.15) is 6.04 Å². The fraction of sp³-hybridized carbons (Fsp3) is 0.588. The molecule has 1 amide bonds. The number of carbonyl (C=O) groups is 1. The lowest BCUT2D eigenvalue weighted by molar-refractivity contribution is -0.883. The van der Waals surface area contributed by atoms with E-state index in [0.717, 1.165) is 25.9 Å². The number of likely N-dealkylation sites (N-methyl/N-ethyl adjacent to an activating group) is 1. The third kappa shape index (κ3) is 3.48. The van der Waals surface area contributed by atoms with E-state index < -0.39 is 16.1 Å². The van der Waals surface area contributed by atoms with Crippen LogP contribution in [-0.4, -0.2) is 69.3 Å². The van der Waals surface area contributed by atoms with Crippen LogP contribution in [-0.2, 0) is 14.8 Å². The van der Waals surface area contributed by atoms with Gasteiger partial charge in [-0.1, -0.05) is 24.6 Å². The summed E-state index contributed by atoms with van der Waals surface area (Å²) in [5.74, 6) is -0.0262. The van der Waals surface area contributed by atoms with Crippen LogP contribution < -0.4 is 4.90 Å². The summed E-state index contributed by atoms with van der Waals surface area (Å²) in [5, 5.41) is 0. The van der Waals surface area contributed by atoms with Crippen LogP contribution in [0.1, 0.15) is 19.3 Å². The summed E-state index contributed by atoms with van der Waals surface area (Å²) in [6, 6.07) is 7.88. The molecule has 3 rings (SSSR count). The van der Waals surface area contributed by atoms with Crippen LogP contribution in [0.25, 0.3) is 0 Å². The van der Waals surface area contributed by atoms with Crippen LogP contribution >= 0.6 is 0 Å². The van der Waals surface area contributed by atoms with Gasteiger partial charge in [-0.05, 0) is 25.0 Å². The second-order valence-corrected chi connectivity index (χ2v) is 8.61. The molecule has 0 spiro atoms. The minimum absolute atomic E-state index is 0.0262. The minimum atomic E-state index is -3.63. The molecule has 2 fully saturated rings. The van der Waals surface area contributed by atoms with E-state index in [2.05, 4.69) is 7.05 Å². The van der Waals surface area contributed by atoms with Gasteiger partial charge in [-0.15, -0.1) is 0 Å². The lowest BCUT2D eigenvalue weighted by Crippen LogP contribution is -3.12. The third-order valence-corrected chi connectivity index (χ3v) is 6.94. The first-order valence-electron chi connectivity index (χ1n) is 8.67. The van der Waals surface area contributed by atoms with Gasteiger partial charge in [-0.3, -0.25) is 4.79 Å². The van der Waals surface area contributed by atoms with Crippen LogP contribution in [0, 0.1) is 0 Å². The number of benzene rings is 1. The normalized spacial score (nSPS) is 24.0. The molecule has 0 aliphatic carbocycles. The standard InChI is InChI=1S/C17H25N3O3S/c1-18-11-13-19(14-12-18)17(21)16-9-5-6-10-20(16)24(22,23)15-7-3-2-4-8-15/h2-4,7-8,16H,5-6,9-14H2,1H3/p+1/t16-/m0/s1. The van der Waals surface area contributed by atoms with E-state index in [9.17, 15) is 13.2 Å². The molecule has 0 bridgehead atoms. The van der Waals surface area contributed by atoms with E-state index in [1.165, 1.54) is 9.21 Å². The molecule has 1 N–H and O–H groups in total. The van der Waals surface area contributed by atoms with E-state index in [1.807, 2.05) is 4.90 Å². The molecule has 1 aromatic carbocycles. The van der Waals surface area contributed by atoms with Gasteiger partial charge >= 0.3 is 0 Å². The molecule has 2 aliphatic rings. The zero-order chi connectivity index (χ0) is 17.2. The second kappa shape index (κ2) is 7.21. The maximum absolute atomic E-state index is 13.0. The van der Waals surface area contributed by atoms with Crippen LogP contribution in [0.2, 0.25) is 0 Å². The fourth-order valence-electron chi connectivity index (χ4n) is 3.49. The zero-order valence-electron chi connectivity index (χ0n) is 14.1. The number of amides is 1. The Morgan fingerprint density at radius 2 is 1.75 bits per heavy atom. The smallest absolute Gasteiger partial charge is 0.243 e. The quantitative estimate of drug-likeness (QED) is 0.804. The van der Waals surface area contributed by atoms with E-state index in [-0.39, 0.29) is 10.8 Å². The van der Waals surface area contributed by atoms with Gasteiger partial charge < -0.3 is 9.80 Å². The Kier molecular flexibility index (Phi) is 5.22. The van der Waals surface area contributed by atoms with Crippen molar-refractivity contribution in [2.75, 3.05) is 39.8 Å². The van der Waals surface area contributed by atoms with Gasteiger partial charge in [-0.25, -0.2) is 8.42 Å². The maximum Gasteiger partial charge on any atom is 0.243 e. The van der Waals surface area contributed by atoms with E-state index >= 15 is 0 Å². The zero-order valence-corrected chi connectivity index (χ0v) is 15.0. The van der Waals surface area contributed by atoms with Crippen molar-refractivity contribution < 1.29 is 18.1 Å². The Bertz CT molecular complexity index is 670. The van der Waals surface area contributed by atoms with Crippen molar-refractivity contribution in [1.82, 2.24) is 9.21 Å². The average molecular weight is 352 g/mol. The van der Waals surface area contributed by atoms with Crippen LogP contribution in [0.3, 0.4) is 0 Å². The van der Waals surface area contributed by atoms with Crippen molar-refractivity contribution >= 4 is 15.9 Å². The Hall–Kier alpha value is -1.44. The topological polar surface area (TPSA) is 62.1 Å². The molecule has 132 valence electrons. The Morgan fingerprint density at radius 1 is 1.08 bits per heavy atom. The van der Waals surface area contributed by atoms with Gasteiger partial charge in [0.05, 0.1) is 38.1 Å². The molecule has 24 heavy (non-hydrogen) atoms. The monoisotopic (exact) mass is 352 g/mol. The summed E-state index contributed by atoms with van der Waals surface area (Å²) in [5.41, 5.74) is 0. The summed E-state index contributed by atoms with van der Waals surface area (Å²) in [7, 11) is -1.51. The number of nitrogens with one attached hydrogen (secondary N) is 1. The van der Waals surface area contributed by atoms with Crippen molar-refractivity contribution in [3.63, 3.8) is 0 Å². The number of hydrogen-bond acceptors (Lipinski definition) is 3. The number of quaternary nitrogens is 1. The first-order valence-corrected chi connectivity index (χ1v) is 10.1. The highest BCUT2D eigenvalue weighted by atomic mass is 32.2. The lowest BCUT2D eigenvalue weighted by Gasteiger charge is -2.38. The van der Waals surface area contributed by atoms with Crippen molar-refractivity contribution in [2.45, 2.75) is 30.2 Å². The number of rotatable bonds is 3. The fourth-order valence-corrected chi connectivity index (χ4v) is 5.16. The Labute approximate surface area is 144 Å². The second-order valence-electron chi connectivity index (χ2n) is 6.72. The molecule has 2 saturated heterocycles. The van der Waals surface area contributed by atoms with Crippen molar-refractivity contribution in [3.8, 4) is 0 Å². The highest BCUT2D eigenvalue weighted by molar-refractivity contribution is 7.89. The minimum Gasteiger partial charge on any atom is -0.334 e. The van der Waals surface area contributed by atoms with Crippen LogP contribution in [0.4, 0.5) is 0 Å². The molecule has 0 aromatic heterocycles. The highest BCUT2D eigenvalue weighted by Crippen LogP contribution is 2.26. The van der Waals surface area contributed by atoms with Crippen LogP contribution in [0.15, 0.2) is 35.2 Å². The molecule has 0 radical (unpaired) electrons. The molecule has 2 aliphatic heterocycles. The molecular formula is C17H26N3O3S+. The summed E-state index contributed by atoms with van der Waals surface area (Å²) in [6.45, 7) is 3.68. The number of piperazine rings is 1. The van der Waals surface area contributed by atoms with Crippen LogP contribution in [0.5, 0.6) is 0 Å². The number of hydrogen-bond donors (Lipinski definition) is 1. The predicted octanol–water partition coefficient (Wildman–Crippen LogP) is -0.413. The first-order chi connectivity index (χ1) is 11.5. The summed E-state index contributed by atoms with van der Waals surface area (Å²) in [6.07, 6.45) is 2.32. The first kappa shape index (κ1) is 17.4. The average Bonchev–Trinajstić information content (AvgIpc) is 2.62. The molecule has 2 heterocycles. The van der Waals surface area contributed by atoms with Gasteiger partial charge in [0, 0.05) is 6.54 Å². The maximum atomic E-state index is 13.0. The number of carbonyl (C=O) groups excluding carboxylic acids is 1. The van der Waals surface area contributed by atoms with Gasteiger partial charge in [0.25, 0.3) is 0 Å². The largest absolute Gasteiger partial charge is 0.334 e. The Morgan fingerprint density at radius 3 is 2.42 bits per heavy atom. The molecular weight excluding hydrogens is 326 g/mol. The summed E-state index contributed by atoms with van der Waals surface area (Å²) < 4.78 is 27.4. The van der Waals surface area contributed by atoms with Crippen molar-refractivity contribution in [2.24, 2.45) is 0 Å². The van der Waals surface area contributed by atoms with E-state index in [0.29, 0.717) is 26.1 Å². The van der Waals surface area contributed by atoms with E-state index in [4.69, 9.17) is 0 Å². The molecule has 0 unspecified atom stereocenters. The SMILES string of the molecule is C[NH+]1CCN(C(=O)[C@@H]2CCCCN2S(=O)(=O)c2ccccc2)CC1. The van der Waals surface area contributed by atoms with Gasteiger partial charge in [-0.2, -0.15) is 4.31 Å². The van der Waals surface area contributed by atoms with Crippen molar-refractivity contribution in [1.29, 1.82) is 0 Å². The highest BCUT2D eigenvalue weighted by Gasteiger charge is 2.40. The summed E-state index contributed by atoms with van der Waals surface area (Å²) in [4.78, 5) is 16.5. The molecule has 0 saturated carbocycles. The summed E-state index contributed by atoms with van der Waals surface area (Å²) >= 11 is 0. The van der Waals surface area contributed by atoms with Gasteiger partial charge in [0.15, 0.2) is 0 Å². The Balaban J connectivity index is 1.82. The molecule has 7 heteroatoms. The third-order valence-electron chi connectivity index (χ3n) is 5.02. The van der Waals surface area contributed by atoms with Crippen molar-refractivity contribution in [3.05, 3.63) is 30.3 Å². The molecule has 1 aromatic rings. The predicted molar refractivity (Wildman–Crippen MR) is 91.2 cm³/mol. The number of nitrogens with zero attached hydrogens (tertiary/aromatic N) is 2. The molecule has 1 atom stereocenters. The number of sulfonamides is 1. The number of piperidine rings is 1. The van der Waals surface area contributed by atoms with Gasteiger partial charge in [0.2, 0.25) is 15.9 Å². The lowest BCUT2D eigenvalue weighted by atomic mass is 10.0.